The number of hydrogen-bond donors (Lipinski definition) is 2. The number of nitrogens with two attached hydrogens (primary N) is 1. The first-order valence-electron chi connectivity index (χ1n) is 5.78. The molecule has 1 fully saturated rings. The molecule has 1 saturated carbocycles. The van der Waals surface area contributed by atoms with Gasteiger partial charge in [0.05, 0.1) is 0 Å². The first kappa shape index (κ1) is 9.57. The second-order valence-corrected chi connectivity index (χ2v) is 4.50. The van der Waals surface area contributed by atoms with Crippen molar-refractivity contribution in [3.63, 3.8) is 0 Å². The molecular formula is C11H15N5. The van der Waals surface area contributed by atoms with Crippen LogP contribution in [0.5, 0.6) is 0 Å². The van der Waals surface area contributed by atoms with E-state index in [2.05, 4.69) is 19.9 Å². The van der Waals surface area contributed by atoms with Crippen LogP contribution in [0.2, 0.25) is 0 Å². The van der Waals surface area contributed by atoms with Crippen LogP contribution in [0.1, 0.15) is 31.5 Å². The van der Waals surface area contributed by atoms with E-state index in [1.807, 2.05) is 0 Å². The van der Waals surface area contributed by atoms with Gasteiger partial charge in [0.2, 0.25) is 0 Å². The van der Waals surface area contributed by atoms with Crippen LogP contribution in [-0.2, 0) is 6.42 Å². The molecule has 1 aliphatic rings. The van der Waals surface area contributed by atoms with Crippen LogP contribution < -0.4 is 5.73 Å². The van der Waals surface area contributed by atoms with Gasteiger partial charge in [0.15, 0.2) is 11.5 Å². The standard InChI is InChI=1S/C11H15N5/c12-10-9-11(14-6-13-10)16-8(15-9)5-7-3-1-2-4-7/h6-7H,1-5H2,(H3,12,13,14,15,16). The van der Waals surface area contributed by atoms with E-state index in [4.69, 9.17) is 5.73 Å². The molecule has 2 aromatic heterocycles. The Hall–Kier alpha value is -1.65. The highest BCUT2D eigenvalue weighted by atomic mass is 15.0. The highest BCUT2D eigenvalue weighted by Gasteiger charge is 2.17. The lowest BCUT2D eigenvalue weighted by atomic mass is 10.0. The maximum atomic E-state index is 5.76. The fraction of sp³-hybridized carbons (Fsp3) is 0.545. The van der Waals surface area contributed by atoms with Gasteiger partial charge in [-0.25, -0.2) is 15.0 Å². The van der Waals surface area contributed by atoms with Crippen molar-refractivity contribution in [3.05, 3.63) is 12.2 Å². The Bertz CT molecular complexity index is 498. The summed E-state index contributed by atoms with van der Waals surface area (Å²) in [5.74, 6) is 2.25. The van der Waals surface area contributed by atoms with Crippen LogP contribution in [0.25, 0.3) is 11.2 Å². The molecule has 3 N–H and O–H groups in total. The smallest absolute Gasteiger partial charge is 0.183 e. The summed E-state index contributed by atoms with van der Waals surface area (Å²) >= 11 is 0. The lowest BCUT2D eigenvalue weighted by molar-refractivity contribution is 0.534. The summed E-state index contributed by atoms with van der Waals surface area (Å²) in [4.78, 5) is 15.7. The number of hydrogen-bond acceptors (Lipinski definition) is 4. The number of fused-ring (bicyclic) bond motifs is 1. The molecule has 0 spiro atoms. The molecule has 84 valence electrons. The van der Waals surface area contributed by atoms with Crippen molar-refractivity contribution in [2.45, 2.75) is 32.1 Å². The average molecular weight is 217 g/mol. The van der Waals surface area contributed by atoms with Gasteiger partial charge in [0.1, 0.15) is 17.7 Å². The van der Waals surface area contributed by atoms with Crippen molar-refractivity contribution < 1.29 is 0 Å². The quantitative estimate of drug-likeness (QED) is 0.801. The van der Waals surface area contributed by atoms with Crippen LogP contribution in [0.15, 0.2) is 6.33 Å². The van der Waals surface area contributed by atoms with Crippen LogP contribution in [0.4, 0.5) is 5.82 Å². The lowest BCUT2D eigenvalue weighted by Gasteiger charge is -2.04. The third kappa shape index (κ3) is 1.62. The van der Waals surface area contributed by atoms with E-state index in [-0.39, 0.29) is 0 Å². The zero-order valence-corrected chi connectivity index (χ0v) is 9.11. The minimum absolute atomic E-state index is 0.482. The molecule has 5 heteroatoms. The SMILES string of the molecule is Nc1ncnc2nc(CC3CCCC3)[nH]c12. The van der Waals surface area contributed by atoms with Crippen LogP contribution in [0, 0.1) is 5.92 Å². The monoisotopic (exact) mass is 217 g/mol. The fourth-order valence-electron chi connectivity index (χ4n) is 2.48. The minimum Gasteiger partial charge on any atom is -0.382 e. The highest BCUT2D eigenvalue weighted by Crippen LogP contribution is 2.27. The molecule has 5 nitrogen and oxygen atoms in total. The van der Waals surface area contributed by atoms with Crippen molar-refractivity contribution in [1.29, 1.82) is 0 Å². The number of aromatic amines is 1. The molecule has 0 atom stereocenters. The number of nitrogen functional groups attached to an aromatic ring is 1. The van der Waals surface area contributed by atoms with Gasteiger partial charge in [-0.3, -0.25) is 0 Å². The Morgan fingerprint density at radius 2 is 2.12 bits per heavy atom. The zero-order chi connectivity index (χ0) is 11.0. The van der Waals surface area contributed by atoms with Crippen LogP contribution in [0.3, 0.4) is 0 Å². The molecule has 3 rings (SSSR count). The number of nitrogens with zero attached hydrogens (tertiary/aromatic N) is 3. The molecule has 2 aromatic rings. The first-order chi connectivity index (χ1) is 7.83. The van der Waals surface area contributed by atoms with Crippen LogP contribution in [-0.4, -0.2) is 19.9 Å². The molecule has 0 radical (unpaired) electrons. The van der Waals surface area contributed by atoms with Crippen molar-refractivity contribution in [3.8, 4) is 0 Å². The Balaban J connectivity index is 1.90. The van der Waals surface area contributed by atoms with Crippen molar-refractivity contribution >= 4 is 17.0 Å². The van der Waals surface area contributed by atoms with E-state index in [0.29, 0.717) is 11.5 Å². The van der Waals surface area contributed by atoms with Crippen molar-refractivity contribution in [2.75, 3.05) is 5.73 Å². The molecule has 0 bridgehead atoms. The van der Waals surface area contributed by atoms with E-state index >= 15 is 0 Å². The van der Waals surface area contributed by atoms with E-state index in [1.54, 1.807) is 0 Å². The van der Waals surface area contributed by atoms with Gasteiger partial charge in [-0.1, -0.05) is 25.7 Å². The van der Waals surface area contributed by atoms with Gasteiger partial charge in [-0.2, -0.15) is 0 Å². The lowest BCUT2D eigenvalue weighted by Crippen LogP contribution is -2.00. The van der Waals surface area contributed by atoms with E-state index in [1.165, 1.54) is 32.0 Å². The highest BCUT2D eigenvalue weighted by molar-refractivity contribution is 5.80. The average Bonchev–Trinajstić information content (AvgIpc) is 2.88. The normalized spacial score (nSPS) is 17.2. The maximum absolute atomic E-state index is 5.76. The van der Waals surface area contributed by atoms with E-state index in [0.717, 1.165) is 23.7 Å². The van der Waals surface area contributed by atoms with Gasteiger partial charge in [-0.15, -0.1) is 0 Å². The second kappa shape index (κ2) is 3.73. The number of anilines is 1. The molecule has 0 saturated heterocycles. The van der Waals surface area contributed by atoms with Crippen molar-refractivity contribution in [1.82, 2.24) is 19.9 Å². The molecule has 0 unspecified atom stereocenters. The molecule has 0 aliphatic heterocycles. The Labute approximate surface area is 93.5 Å². The Morgan fingerprint density at radius 3 is 2.88 bits per heavy atom. The first-order valence-corrected chi connectivity index (χ1v) is 5.78. The number of H-pyrrole nitrogens is 1. The summed E-state index contributed by atoms with van der Waals surface area (Å²) in [6, 6.07) is 0. The number of rotatable bonds is 2. The van der Waals surface area contributed by atoms with Crippen LogP contribution >= 0.6 is 0 Å². The Morgan fingerprint density at radius 1 is 1.31 bits per heavy atom. The number of nitrogens with one attached hydrogen (secondary N) is 1. The molecule has 16 heavy (non-hydrogen) atoms. The van der Waals surface area contributed by atoms with E-state index in [9.17, 15) is 0 Å². The molecule has 0 amide bonds. The predicted molar refractivity (Wildman–Crippen MR) is 61.8 cm³/mol. The van der Waals surface area contributed by atoms with E-state index < -0.39 is 0 Å². The zero-order valence-electron chi connectivity index (χ0n) is 9.11. The fourth-order valence-corrected chi connectivity index (χ4v) is 2.48. The summed E-state index contributed by atoms with van der Waals surface area (Å²) in [6.07, 6.45) is 7.81. The summed E-state index contributed by atoms with van der Waals surface area (Å²) < 4.78 is 0. The molecule has 1 aliphatic carbocycles. The third-order valence-corrected chi connectivity index (χ3v) is 3.32. The second-order valence-electron chi connectivity index (χ2n) is 4.50. The topological polar surface area (TPSA) is 80.5 Å². The minimum atomic E-state index is 0.482. The predicted octanol–water partition coefficient (Wildman–Crippen LogP) is 1.67. The van der Waals surface area contributed by atoms with Gasteiger partial charge in [0.25, 0.3) is 0 Å². The third-order valence-electron chi connectivity index (χ3n) is 3.32. The van der Waals surface area contributed by atoms with Gasteiger partial charge < -0.3 is 10.7 Å². The summed E-state index contributed by atoms with van der Waals surface area (Å²) in [5.41, 5.74) is 7.21. The van der Waals surface area contributed by atoms with Gasteiger partial charge >= 0.3 is 0 Å². The summed E-state index contributed by atoms with van der Waals surface area (Å²) in [5, 5.41) is 0. The molecule has 2 heterocycles. The van der Waals surface area contributed by atoms with Gasteiger partial charge in [0, 0.05) is 6.42 Å². The molecular weight excluding hydrogens is 202 g/mol. The molecule has 0 aromatic carbocycles. The van der Waals surface area contributed by atoms with Gasteiger partial charge in [-0.05, 0) is 5.92 Å². The Kier molecular flexibility index (Phi) is 2.23. The number of imidazole rings is 1. The summed E-state index contributed by atoms with van der Waals surface area (Å²) in [7, 11) is 0. The summed E-state index contributed by atoms with van der Waals surface area (Å²) in [6.45, 7) is 0. The largest absolute Gasteiger partial charge is 0.382 e. The number of aromatic nitrogens is 4. The van der Waals surface area contributed by atoms with Crippen molar-refractivity contribution in [2.24, 2.45) is 5.92 Å². The maximum Gasteiger partial charge on any atom is 0.183 e.